The van der Waals surface area contributed by atoms with Crippen LogP contribution < -0.4 is 4.90 Å². The van der Waals surface area contributed by atoms with E-state index in [9.17, 15) is 0 Å². The third-order valence-corrected chi connectivity index (χ3v) is 11.1. The third-order valence-electron chi connectivity index (χ3n) is 11.1. The van der Waals surface area contributed by atoms with Gasteiger partial charge in [-0.25, -0.2) is 0 Å². The van der Waals surface area contributed by atoms with Crippen LogP contribution in [0.25, 0.3) is 88.4 Å². The Morgan fingerprint density at radius 3 is 1.32 bits per heavy atom. The number of hydrogen-bond acceptors (Lipinski definition) is 3. The molecule has 11 rings (SSSR count). The van der Waals surface area contributed by atoms with Crippen molar-refractivity contribution >= 4 is 60.9 Å². The number of nitrogens with zero attached hydrogens (tertiary/aromatic N) is 1. The predicted octanol–water partition coefficient (Wildman–Crippen LogP) is 15.6. The van der Waals surface area contributed by atoms with E-state index in [1.807, 2.05) is 12.1 Å². The lowest BCUT2D eigenvalue weighted by Gasteiger charge is -2.26. The molecule has 268 valence electrons. The third kappa shape index (κ3) is 5.68. The molecule has 0 unspecified atom stereocenters. The van der Waals surface area contributed by atoms with Gasteiger partial charge in [-0.05, 0) is 81.4 Å². The summed E-state index contributed by atoms with van der Waals surface area (Å²) in [5.74, 6) is 0. The molecule has 9 aromatic carbocycles. The molecule has 2 heterocycles. The van der Waals surface area contributed by atoms with Crippen molar-refractivity contribution in [3.63, 3.8) is 0 Å². The van der Waals surface area contributed by atoms with E-state index in [1.165, 1.54) is 33.4 Å². The molecule has 0 saturated heterocycles. The predicted molar refractivity (Wildman–Crippen MR) is 237 cm³/mol. The van der Waals surface area contributed by atoms with Gasteiger partial charge in [-0.1, -0.05) is 170 Å². The van der Waals surface area contributed by atoms with Crippen molar-refractivity contribution in [2.45, 2.75) is 0 Å². The Labute approximate surface area is 330 Å². The highest BCUT2D eigenvalue weighted by molar-refractivity contribution is 6.24. The number of hydrogen-bond donors (Lipinski definition) is 0. The molecular formula is C54H35NO2. The lowest BCUT2D eigenvalue weighted by molar-refractivity contribution is 0.665. The van der Waals surface area contributed by atoms with Gasteiger partial charge < -0.3 is 13.7 Å². The van der Waals surface area contributed by atoms with Crippen LogP contribution >= 0.6 is 0 Å². The van der Waals surface area contributed by atoms with Gasteiger partial charge in [0.15, 0.2) is 5.58 Å². The molecule has 0 fully saturated rings. The highest BCUT2D eigenvalue weighted by atomic mass is 16.3. The smallest absolute Gasteiger partial charge is 0.159 e. The number of rotatable bonds is 7. The maximum absolute atomic E-state index is 7.24. The van der Waals surface area contributed by atoms with Gasteiger partial charge in [-0.15, -0.1) is 0 Å². The zero-order valence-corrected chi connectivity index (χ0v) is 31.0. The molecule has 0 bridgehead atoms. The fourth-order valence-corrected chi connectivity index (χ4v) is 8.33. The van der Waals surface area contributed by atoms with Gasteiger partial charge in [-0.2, -0.15) is 0 Å². The van der Waals surface area contributed by atoms with E-state index in [0.29, 0.717) is 0 Å². The molecule has 0 aliphatic heterocycles. The first-order chi connectivity index (χ1) is 28.3. The SMILES string of the molecule is c1ccc(-c2ccc(-c3c4oc5c(N(c6ccc(-c7ccccc7)cc6)c6ccc(-c7ccccc7)cc6)cccc5c4cc4oc5ccccc5c34)cc2)cc1. The van der Waals surface area contributed by atoms with E-state index >= 15 is 0 Å². The lowest BCUT2D eigenvalue weighted by Crippen LogP contribution is -2.10. The fraction of sp³-hybridized carbons (Fsp3) is 0. The molecule has 11 aromatic rings. The molecule has 2 aromatic heterocycles. The molecule has 0 aliphatic rings. The monoisotopic (exact) mass is 729 g/mol. The van der Waals surface area contributed by atoms with Crippen molar-refractivity contribution < 1.29 is 8.83 Å². The van der Waals surface area contributed by atoms with Crippen molar-refractivity contribution in [2.24, 2.45) is 0 Å². The topological polar surface area (TPSA) is 29.5 Å². The van der Waals surface area contributed by atoms with E-state index in [2.05, 4.69) is 205 Å². The maximum Gasteiger partial charge on any atom is 0.159 e. The lowest BCUT2D eigenvalue weighted by atomic mass is 9.95. The van der Waals surface area contributed by atoms with Crippen LogP contribution in [0.4, 0.5) is 17.1 Å². The Bertz CT molecular complexity index is 3100. The van der Waals surface area contributed by atoms with Gasteiger partial charge in [-0.3, -0.25) is 0 Å². The van der Waals surface area contributed by atoms with E-state index in [0.717, 1.165) is 72.1 Å². The molecule has 0 saturated carbocycles. The highest BCUT2D eigenvalue weighted by Crippen LogP contribution is 2.48. The number of benzene rings is 9. The van der Waals surface area contributed by atoms with E-state index in [-0.39, 0.29) is 0 Å². The largest absolute Gasteiger partial charge is 0.456 e. The van der Waals surface area contributed by atoms with E-state index < -0.39 is 0 Å². The van der Waals surface area contributed by atoms with E-state index in [1.54, 1.807) is 0 Å². The summed E-state index contributed by atoms with van der Waals surface area (Å²) in [6, 6.07) is 74.9. The van der Waals surface area contributed by atoms with Gasteiger partial charge >= 0.3 is 0 Å². The van der Waals surface area contributed by atoms with E-state index in [4.69, 9.17) is 8.83 Å². The first-order valence-corrected chi connectivity index (χ1v) is 19.3. The minimum absolute atomic E-state index is 0.811. The van der Waals surface area contributed by atoms with Gasteiger partial charge in [0, 0.05) is 38.5 Å². The van der Waals surface area contributed by atoms with Crippen LogP contribution in [0.3, 0.4) is 0 Å². The minimum atomic E-state index is 0.811. The summed E-state index contributed by atoms with van der Waals surface area (Å²) in [5.41, 5.74) is 15.5. The van der Waals surface area contributed by atoms with Gasteiger partial charge in [0.25, 0.3) is 0 Å². The maximum atomic E-state index is 7.24. The second-order valence-corrected chi connectivity index (χ2v) is 14.5. The molecule has 0 N–H and O–H groups in total. The van der Waals surface area contributed by atoms with Crippen LogP contribution in [0.2, 0.25) is 0 Å². The van der Waals surface area contributed by atoms with Crippen LogP contribution in [0.5, 0.6) is 0 Å². The molecule has 3 heteroatoms. The summed E-state index contributed by atoms with van der Waals surface area (Å²) in [6.45, 7) is 0. The Morgan fingerprint density at radius 2 is 0.754 bits per heavy atom. The normalized spacial score (nSPS) is 11.5. The van der Waals surface area contributed by atoms with Gasteiger partial charge in [0.2, 0.25) is 0 Å². The first-order valence-electron chi connectivity index (χ1n) is 19.3. The van der Waals surface area contributed by atoms with Crippen LogP contribution in [0, 0.1) is 0 Å². The van der Waals surface area contributed by atoms with Crippen molar-refractivity contribution in [1.29, 1.82) is 0 Å². The second-order valence-electron chi connectivity index (χ2n) is 14.5. The molecule has 0 atom stereocenters. The molecule has 3 nitrogen and oxygen atoms in total. The number of fused-ring (bicyclic) bond motifs is 6. The van der Waals surface area contributed by atoms with Gasteiger partial charge in [0.05, 0.1) is 5.69 Å². The second kappa shape index (κ2) is 13.6. The van der Waals surface area contributed by atoms with Crippen LogP contribution in [-0.2, 0) is 0 Å². The average Bonchev–Trinajstić information content (AvgIpc) is 3.86. The van der Waals surface area contributed by atoms with Crippen molar-refractivity contribution in [3.05, 3.63) is 212 Å². The molecule has 0 spiro atoms. The zero-order chi connectivity index (χ0) is 37.7. The minimum Gasteiger partial charge on any atom is -0.456 e. The zero-order valence-electron chi connectivity index (χ0n) is 31.0. The summed E-state index contributed by atoms with van der Waals surface area (Å²) >= 11 is 0. The number of anilines is 3. The Balaban J connectivity index is 1.13. The van der Waals surface area contributed by atoms with Crippen molar-refractivity contribution in [3.8, 4) is 44.5 Å². The Morgan fingerprint density at radius 1 is 0.298 bits per heavy atom. The average molecular weight is 730 g/mol. The summed E-state index contributed by atoms with van der Waals surface area (Å²) < 4.78 is 13.8. The summed E-state index contributed by atoms with van der Waals surface area (Å²) in [7, 11) is 0. The van der Waals surface area contributed by atoms with Crippen molar-refractivity contribution in [2.75, 3.05) is 4.90 Å². The molecule has 0 aliphatic carbocycles. The Kier molecular flexibility index (Phi) is 7.82. The number of furan rings is 2. The molecular weight excluding hydrogens is 695 g/mol. The summed E-state index contributed by atoms with van der Waals surface area (Å²) in [5, 5.41) is 4.16. The summed E-state index contributed by atoms with van der Waals surface area (Å²) in [4.78, 5) is 2.31. The fourth-order valence-electron chi connectivity index (χ4n) is 8.33. The molecule has 0 amide bonds. The van der Waals surface area contributed by atoms with Crippen molar-refractivity contribution in [1.82, 2.24) is 0 Å². The highest BCUT2D eigenvalue weighted by Gasteiger charge is 2.24. The standard InChI is InChI=1S/C54H35NO2/c1-4-13-36(14-5-1)39-23-25-42(26-24-39)51-52-46-19-10-11-22-49(46)56-50(52)35-47-45-20-12-21-48(53(45)57-54(47)51)55(43-31-27-40(28-32-43)37-15-6-2-7-16-37)44-33-29-41(30-34-44)38-17-8-3-9-18-38/h1-35H. The summed E-state index contributed by atoms with van der Waals surface area (Å²) in [6.07, 6.45) is 0. The quantitative estimate of drug-likeness (QED) is 0.164. The molecule has 57 heavy (non-hydrogen) atoms. The number of para-hydroxylation sites is 2. The van der Waals surface area contributed by atoms with Crippen LogP contribution in [0.15, 0.2) is 221 Å². The Hall–Kier alpha value is -7.62. The van der Waals surface area contributed by atoms with Gasteiger partial charge in [0.1, 0.15) is 16.7 Å². The molecule has 0 radical (unpaired) electrons. The van der Waals surface area contributed by atoms with Crippen LogP contribution in [-0.4, -0.2) is 0 Å². The first kappa shape index (κ1) is 32.8. The van der Waals surface area contributed by atoms with Crippen LogP contribution in [0.1, 0.15) is 0 Å².